The van der Waals surface area contributed by atoms with Crippen molar-refractivity contribution < 1.29 is 14.2 Å². The minimum absolute atomic E-state index is 0.0996. The van der Waals surface area contributed by atoms with Gasteiger partial charge in [0.25, 0.3) is 0 Å². The van der Waals surface area contributed by atoms with Gasteiger partial charge in [0.05, 0.1) is 0 Å². The van der Waals surface area contributed by atoms with Gasteiger partial charge in [-0.05, 0) is 62.5 Å². The molecule has 0 bridgehead atoms. The molecule has 4 rings (SSSR count). The molecule has 0 radical (unpaired) electrons. The first-order chi connectivity index (χ1) is 13.6. The van der Waals surface area contributed by atoms with Gasteiger partial charge in [-0.2, -0.15) is 0 Å². The summed E-state index contributed by atoms with van der Waals surface area (Å²) in [5, 5.41) is 11.6. The number of aromatic amines is 1. The van der Waals surface area contributed by atoms with Crippen molar-refractivity contribution in [3.05, 3.63) is 65.6 Å². The van der Waals surface area contributed by atoms with Crippen LogP contribution in [0.3, 0.4) is 0 Å². The number of hydrogen-bond acceptors (Lipinski definition) is 3. The number of aromatic nitrogens is 1. The number of likely N-dealkylation sites (tertiary alicyclic amines) is 1. The maximum absolute atomic E-state index is 13.6. The molecule has 4 nitrogen and oxygen atoms in total. The van der Waals surface area contributed by atoms with E-state index < -0.39 is 11.9 Å². The predicted octanol–water partition coefficient (Wildman–Crippen LogP) is 4.23. The van der Waals surface area contributed by atoms with Crippen LogP contribution in [0.15, 0.2) is 48.5 Å². The van der Waals surface area contributed by atoms with Gasteiger partial charge in [0, 0.05) is 23.1 Å². The second-order valence-electron chi connectivity index (χ2n) is 7.68. The Kier molecular flexibility index (Phi) is 5.64. The zero-order valence-electron chi connectivity index (χ0n) is 16.2. The third-order valence-electron chi connectivity index (χ3n) is 5.68. The maximum Gasteiger partial charge on any atom is 0.165 e. The molecule has 28 heavy (non-hydrogen) atoms. The molecule has 1 unspecified atom stereocenters. The lowest BCUT2D eigenvalue weighted by atomic mass is 9.87. The van der Waals surface area contributed by atoms with E-state index in [4.69, 9.17) is 4.74 Å². The lowest BCUT2D eigenvalue weighted by Crippen LogP contribution is -2.40. The number of halogens is 1. The zero-order valence-corrected chi connectivity index (χ0v) is 16.2. The summed E-state index contributed by atoms with van der Waals surface area (Å²) in [4.78, 5) is 5.78. The van der Waals surface area contributed by atoms with Gasteiger partial charge in [-0.15, -0.1) is 0 Å². The summed E-state index contributed by atoms with van der Waals surface area (Å²) in [5.41, 5.74) is 3.91. The molecule has 0 aliphatic carbocycles. The SMILES string of the molecule is Cc1[nH]c2ccccc2c1C1CCN(CC(O)COc2ccccc2F)CC1. The summed E-state index contributed by atoms with van der Waals surface area (Å²) in [7, 11) is 0. The van der Waals surface area contributed by atoms with E-state index in [2.05, 4.69) is 41.1 Å². The molecule has 2 N–H and O–H groups in total. The van der Waals surface area contributed by atoms with Crippen LogP contribution in [0.5, 0.6) is 5.75 Å². The summed E-state index contributed by atoms with van der Waals surface area (Å²) in [5.74, 6) is 0.332. The Morgan fingerprint density at radius 2 is 1.86 bits per heavy atom. The number of hydrogen-bond donors (Lipinski definition) is 2. The summed E-state index contributed by atoms with van der Waals surface area (Å²) >= 11 is 0. The normalized spacial score (nSPS) is 17.1. The quantitative estimate of drug-likeness (QED) is 0.671. The van der Waals surface area contributed by atoms with Crippen LogP contribution in [-0.4, -0.2) is 47.3 Å². The van der Waals surface area contributed by atoms with E-state index in [-0.39, 0.29) is 12.4 Å². The molecule has 0 saturated carbocycles. The second kappa shape index (κ2) is 8.33. The summed E-state index contributed by atoms with van der Waals surface area (Å²) in [6.45, 7) is 4.70. The number of aliphatic hydroxyl groups excluding tert-OH is 1. The van der Waals surface area contributed by atoms with E-state index in [9.17, 15) is 9.50 Å². The molecule has 1 fully saturated rings. The first-order valence-electron chi connectivity index (χ1n) is 9.97. The summed E-state index contributed by atoms with van der Waals surface area (Å²) in [6.07, 6.45) is 1.51. The smallest absolute Gasteiger partial charge is 0.165 e. The molecule has 2 heterocycles. The maximum atomic E-state index is 13.6. The second-order valence-corrected chi connectivity index (χ2v) is 7.68. The van der Waals surface area contributed by atoms with Gasteiger partial charge < -0.3 is 19.7 Å². The Labute approximate surface area is 164 Å². The number of benzene rings is 2. The van der Waals surface area contributed by atoms with Crippen molar-refractivity contribution in [2.45, 2.75) is 31.8 Å². The average molecular weight is 382 g/mol. The standard InChI is InChI=1S/C23H27FN2O2/c1-16-23(19-6-2-4-8-21(19)25-16)17-10-12-26(13-11-17)14-18(27)15-28-22-9-5-3-7-20(22)24/h2-9,17-18,25,27H,10-15H2,1H3. The molecular formula is C23H27FN2O2. The molecule has 0 spiro atoms. The Bertz CT molecular complexity index is 931. The average Bonchev–Trinajstić information content (AvgIpc) is 3.04. The number of piperidine rings is 1. The van der Waals surface area contributed by atoms with Crippen molar-refractivity contribution >= 4 is 10.9 Å². The molecule has 3 aromatic rings. The Balaban J connectivity index is 1.30. The highest BCUT2D eigenvalue weighted by Gasteiger charge is 2.25. The molecule has 0 amide bonds. The van der Waals surface area contributed by atoms with Gasteiger partial charge in [-0.25, -0.2) is 4.39 Å². The van der Waals surface area contributed by atoms with E-state index in [1.807, 2.05) is 0 Å². The molecular weight excluding hydrogens is 355 g/mol. The van der Waals surface area contributed by atoms with Crippen molar-refractivity contribution in [1.82, 2.24) is 9.88 Å². The van der Waals surface area contributed by atoms with Gasteiger partial charge >= 0.3 is 0 Å². The van der Waals surface area contributed by atoms with Crippen molar-refractivity contribution in [3.63, 3.8) is 0 Å². The lowest BCUT2D eigenvalue weighted by molar-refractivity contribution is 0.0582. The molecule has 148 valence electrons. The first-order valence-corrected chi connectivity index (χ1v) is 9.97. The van der Waals surface area contributed by atoms with E-state index in [1.165, 1.54) is 28.2 Å². The molecule has 1 aromatic heterocycles. The highest BCUT2D eigenvalue weighted by molar-refractivity contribution is 5.85. The number of nitrogens with one attached hydrogen (secondary N) is 1. The summed E-state index contributed by atoms with van der Waals surface area (Å²) in [6, 6.07) is 14.8. The number of nitrogens with zero attached hydrogens (tertiary/aromatic N) is 1. The lowest BCUT2D eigenvalue weighted by Gasteiger charge is -2.33. The number of rotatable bonds is 6. The fourth-order valence-corrected chi connectivity index (χ4v) is 4.33. The molecule has 1 atom stereocenters. The van der Waals surface area contributed by atoms with Crippen LogP contribution in [0.4, 0.5) is 4.39 Å². The minimum atomic E-state index is -0.633. The fraction of sp³-hybridized carbons (Fsp3) is 0.391. The predicted molar refractivity (Wildman–Crippen MR) is 109 cm³/mol. The van der Waals surface area contributed by atoms with Gasteiger partial charge in [-0.3, -0.25) is 0 Å². The van der Waals surface area contributed by atoms with Crippen LogP contribution in [0.2, 0.25) is 0 Å². The van der Waals surface area contributed by atoms with Gasteiger partial charge in [0.1, 0.15) is 12.7 Å². The number of ether oxygens (including phenoxy) is 1. The van der Waals surface area contributed by atoms with Crippen molar-refractivity contribution in [2.75, 3.05) is 26.2 Å². The number of para-hydroxylation sites is 2. The van der Waals surface area contributed by atoms with Crippen molar-refractivity contribution in [3.8, 4) is 5.75 Å². The molecule has 1 saturated heterocycles. The molecule has 1 aliphatic heterocycles. The monoisotopic (exact) mass is 382 g/mol. The topological polar surface area (TPSA) is 48.5 Å². The van der Waals surface area contributed by atoms with Crippen LogP contribution in [0.25, 0.3) is 10.9 Å². The number of H-pyrrole nitrogens is 1. The van der Waals surface area contributed by atoms with Crippen molar-refractivity contribution in [2.24, 2.45) is 0 Å². The van der Waals surface area contributed by atoms with Gasteiger partial charge in [-0.1, -0.05) is 30.3 Å². The Hall–Kier alpha value is -2.37. The van der Waals surface area contributed by atoms with Crippen molar-refractivity contribution in [1.29, 1.82) is 0 Å². The Morgan fingerprint density at radius 1 is 1.14 bits per heavy atom. The highest BCUT2D eigenvalue weighted by atomic mass is 19.1. The van der Waals surface area contributed by atoms with E-state index in [0.717, 1.165) is 25.9 Å². The van der Waals surface area contributed by atoms with E-state index >= 15 is 0 Å². The number of β-amino-alcohol motifs (C(OH)–C–C–N with tert-alkyl or cyclic N) is 1. The third-order valence-corrected chi connectivity index (χ3v) is 5.68. The van der Waals surface area contributed by atoms with Gasteiger partial charge in [0.15, 0.2) is 11.6 Å². The van der Waals surface area contributed by atoms with Crippen LogP contribution in [0.1, 0.15) is 30.0 Å². The van der Waals surface area contributed by atoms with Crippen LogP contribution in [0, 0.1) is 12.7 Å². The Morgan fingerprint density at radius 3 is 2.64 bits per heavy atom. The largest absolute Gasteiger partial charge is 0.488 e. The van der Waals surface area contributed by atoms with Crippen LogP contribution >= 0.6 is 0 Å². The van der Waals surface area contributed by atoms with Crippen LogP contribution < -0.4 is 4.74 Å². The van der Waals surface area contributed by atoms with Gasteiger partial charge in [0.2, 0.25) is 0 Å². The molecule has 1 aliphatic rings. The molecule has 5 heteroatoms. The molecule has 2 aromatic carbocycles. The number of aliphatic hydroxyl groups is 1. The third kappa shape index (κ3) is 4.05. The fourth-order valence-electron chi connectivity index (χ4n) is 4.33. The highest BCUT2D eigenvalue weighted by Crippen LogP contribution is 2.35. The van der Waals surface area contributed by atoms with E-state index in [0.29, 0.717) is 12.5 Å². The minimum Gasteiger partial charge on any atom is -0.488 e. The van der Waals surface area contributed by atoms with Crippen LogP contribution in [-0.2, 0) is 0 Å². The summed E-state index contributed by atoms with van der Waals surface area (Å²) < 4.78 is 19.0. The number of fused-ring (bicyclic) bond motifs is 1. The number of aryl methyl sites for hydroxylation is 1. The first kappa shape index (κ1) is 19.0. The zero-order chi connectivity index (χ0) is 19.5. The van der Waals surface area contributed by atoms with E-state index in [1.54, 1.807) is 18.2 Å².